The second kappa shape index (κ2) is 13.8. The molecule has 13 heteroatoms. The van der Waals surface area contributed by atoms with Crippen molar-refractivity contribution in [2.75, 3.05) is 13.1 Å². The molecule has 2 aromatic rings. The molecule has 1 fully saturated rings. The third-order valence-electron chi connectivity index (χ3n) is 6.51. The number of hydrogen-bond donors (Lipinski definition) is 2. The van der Waals surface area contributed by atoms with Crippen molar-refractivity contribution < 1.29 is 37.1 Å². The van der Waals surface area contributed by atoms with Crippen LogP contribution in [0.5, 0.6) is 0 Å². The van der Waals surface area contributed by atoms with Gasteiger partial charge in [0.1, 0.15) is 5.60 Å². The van der Waals surface area contributed by atoms with E-state index in [0.717, 1.165) is 38.2 Å². The van der Waals surface area contributed by atoms with Crippen molar-refractivity contribution >= 4 is 18.1 Å². The SMILES string of the molecule is CCCCCCCCCc1ccc(-c2noc(C3CN(/C(=N/C(=O)O)NC(=O)OC(C)(C)C)C3)n2)cc1C(F)(F)F. The molecule has 1 saturated heterocycles. The van der Waals surface area contributed by atoms with Crippen LogP contribution in [-0.4, -0.2) is 57.0 Å². The van der Waals surface area contributed by atoms with E-state index in [0.29, 0.717) is 12.8 Å². The third kappa shape index (κ3) is 9.75. The first-order chi connectivity index (χ1) is 19.3. The van der Waals surface area contributed by atoms with Crippen LogP contribution in [0.25, 0.3) is 11.4 Å². The fourth-order valence-corrected chi connectivity index (χ4v) is 4.46. The molecule has 0 unspecified atom stereocenters. The van der Waals surface area contributed by atoms with Gasteiger partial charge in [0, 0.05) is 18.7 Å². The lowest BCUT2D eigenvalue weighted by molar-refractivity contribution is -0.138. The number of carbonyl (C=O) groups is 2. The van der Waals surface area contributed by atoms with Crippen LogP contribution in [0, 0.1) is 0 Å². The zero-order valence-corrected chi connectivity index (χ0v) is 23.9. The summed E-state index contributed by atoms with van der Waals surface area (Å²) in [5.74, 6) is -0.342. The molecule has 226 valence electrons. The van der Waals surface area contributed by atoms with Gasteiger partial charge in [0.2, 0.25) is 17.7 Å². The molecule has 41 heavy (non-hydrogen) atoms. The molecule has 0 bridgehead atoms. The molecule has 1 aliphatic heterocycles. The number of aryl methyl sites for hydroxylation is 1. The van der Waals surface area contributed by atoms with Gasteiger partial charge in [0.25, 0.3) is 0 Å². The monoisotopic (exact) mass is 581 g/mol. The summed E-state index contributed by atoms with van der Waals surface area (Å²) >= 11 is 0. The molecule has 3 rings (SSSR count). The molecule has 0 saturated carbocycles. The number of likely N-dealkylation sites (tertiary alicyclic amines) is 1. The van der Waals surface area contributed by atoms with Crippen molar-refractivity contribution in [2.45, 2.75) is 96.8 Å². The van der Waals surface area contributed by atoms with E-state index in [1.54, 1.807) is 26.8 Å². The Labute approximate surface area is 237 Å². The standard InChI is InChI=1S/C28H38F3N5O5/c1-5-6-7-8-9-10-11-12-18-13-14-19(15-21(18)28(29,30)31)22-32-23(41-35-22)20-16-36(17-20)24(33-25(37)38)34-26(39)40-27(2,3)4/h13-15,20H,5-12,16-17H2,1-4H3,(H,37,38)(H,33,34,39). The number of amides is 2. The smallest absolute Gasteiger partial charge is 0.434 e. The van der Waals surface area contributed by atoms with Crippen LogP contribution in [0.15, 0.2) is 27.7 Å². The molecular weight excluding hydrogens is 543 g/mol. The molecule has 1 aliphatic rings. The predicted molar refractivity (Wildman–Crippen MR) is 146 cm³/mol. The highest BCUT2D eigenvalue weighted by molar-refractivity contribution is 5.99. The average Bonchev–Trinajstić information content (AvgIpc) is 3.30. The van der Waals surface area contributed by atoms with E-state index in [1.165, 1.54) is 17.4 Å². The predicted octanol–water partition coefficient (Wildman–Crippen LogP) is 7.01. The van der Waals surface area contributed by atoms with Crippen molar-refractivity contribution in [1.29, 1.82) is 0 Å². The Hall–Kier alpha value is -3.64. The summed E-state index contributed by atoms with van der Waals surface area (Å²) in [7, 11) is 0. The van der Waals surface area contributed by atoms with Crippen molar-refractivity contribution in [3.8, 4) is 11.4 Å². The van der Waals surface area contributed by atoms with Gasteiger partial charge in [-0.15, -0.1) is 4.99 Å². The van der Waals surface area contributed by atoms with Crippen molar-refractivity contribution in [1.82, 2.24) is 20.4 Å². The highest BCUT2D eigenvalue weighted by Gasteiger charge is 2.37. The number of rotatable bonds is 10. The normalized spacial score (nSPS) is 14.6. The van der Waals surface area contributed by atoms with Gasteiger partial charge in [-0.2, -0.15) is 18.2 Å². The lowest BCUT2D eigenvalue weighted by Crippen LogP contribution is -2.55. The van der Waals surface area contributed by atoms with Gasteiger partial charge in [-0.25, -0.2) is 9.59 Å². The molecule has 2 N–H and O–H groups in total. The van der Waals surface area contributed by atoms with Crippen LogP contribution in [0.2, 0.25) is 0 Å². The first kappa shape index (κ1) is 31.9. The number of benzene rings is 1. The summed E-state index contributed by atoms with van der Waals surface area (Å²) in [4.78, 5) is 32.4. The number of halogens is 3. The average molecular weight is 582 g/mol. The number of carboxylic acid groups (broad SMARTS) is 1. The third-order valence-corrected chi connectivity index (χ3v) is 6.51. The summed E-state index contributed by atoms with van der Waals surface area (Å²) < 4.78 is 52.1. The van der Waals surface area contributed by atoms with Gasteiger partial charge in [-0.1, -0.05) is 62.7 Å². The molecule has 2 heterocycles. The Morgan fingerprint density at radius 3 is 2.39 bits per heavy atom. The number of nitrogens with zero attached hydrogens (tertiary/aromatic N) is 4. The Kier molecular flexibility index (Phi) is 10.7. The van der Waals surface area contributed by atoms with E-state index < -0.39 is 29.5 Å². The number of aromatic nitrogens is 2. The Morgan fingerprint density at radius 2 is 1.78 bits per heavy atom. The maximum Gasteiger partial charge on any atom is 0.434 e. The van der Waals surface area contributed by atoms with E-state index >= 15 is 0 Å². The summed E-state index contributed by atoms with van der Waals surface area (Å²) in [6.07, 6.45) is 0.647. The number of carbonyl (C=O) groups excluding carboxylic acids is 1. The number of hydrogen-bond acceptors (Lipinski definition) is 6. The van der Waals surface area contributed by atoms with Crippen molar-refractivity contribution in [3.05, 3.63) is 35.2 Å². The Balaban J connectivity index is 1.64. The van der Waals surface area contributed by atoms with Gasteiger partial charge in [0.15, 0.2) is 0 Å². The quantitative estimate of drug-likeness (QED) is 0.174. The summed E-state index contributed by atoms with van der Waals surface area (Å²) in [6, 6.07) is 4.10. The van der Waals surface area contributed by atoms with E-state index in [2.05, 4.69) is 27.4 Å². The minimum atomic E-state index is -4.52. The minimum Gasteiger partial charge on any atom is -0.463 e. The molecular formula is C28H38F3N5O5. The van der Waals surface area contributed by atoms with Crippen LogP contribution in [0.4, 0.5) is 22.8 Å². The number of guanidine groups is 1. The summed E-state index contributed by atoms with van der Waals surface area (Å²) in [6.45, 7) is 7.50. The largest absolute Gasteiger partial charge is 0.463 e. The zero-order chi connectivity index (χ0) is 30.2. The molecule has 0 spiro atoms. The van der Waals surface area contributed by atoms with Gasteiger partial charge in [0.05, 0.1) is 11.5 Å². The van der Waals surface area contributed by atoms with Gasteiger partial charge >= 0.3 is 18.4 Å². The fourth-order valence-electron chi connectivity index (χ4n) is 4.46. The number of unbranched alkanes of at least 4 members (excludes halogenated alkanes) is 6. The van der Waals surface area contributed by atoms with Gasteiger partial charge in [-0.3, -0.25) is 5.32 Å². The maximum atomic E-state index is 13.9. The molecule has 1 aromatic carbocycles. The second-order valence-corrected chi connectivity index (χ2v) is 11.1. The van der Waals surface area contributed by atoms with Crippen LogP contribution in [0.1, 0.15) is 95.6 Å². The lowest BCUT2D eigenvalue weighted by atomic mass is 9.97. The molecule has 10 nitrogen and oxygen atoms in total. The molecule has 1 aromatic heterocycles. The van der Waals surface area contributed by atoms with Gasteiger partial charge < -0.3 is 19.3 Å². The Bertz CT molecular complexity index is 1220. The van der Waals surface area contributed by atoms with Crippen molar-refractivity contribution in [3.63, 3.8) is 0 Å². The van der Waals surface area contributed by atoms with E-state index in [-0.39, 0.29) is 47.8 Å². The van der Waals surface area contributed by atoms with E-state index in [9.17, 15) is 22.8 Å². The Morgan fingerprint density at radius 1 is 1.12 bits per heavy atom. The van der Waals surface area contributed by atoms with Crippen LogP contribution >= 0.6 is 0 Å². The molecule has 0 atom stereocenters. The van der Waals surface area contributed by atoms with E-state index in [1.807, 2.05) is 0 Å². The number of nitrogens with one attached hydrogen (secondary N) is 1. The zero-order valence-electron chi connectivity index (χ0n) is 23.9. The highest BCUT2D eigenvalue weighted by Crippen LogP contribution is 2.36. The molecule has 0 radical (unpaired) electrons. The van der Waals surface area contributed by atoms with Crippen LogP contribution in [0.3, 0.4) is 0 Å². The number of alkyl carbamates (subject to hydrolysis) is 1. The maximum absolute atomic E-state index is 13.9. The number of alkyl halides is 3. The minimum absolute atomic E-state index is 0.0257. The van der Waals surface area contributed by atoms with Crippen molar-refractivity contribution in [2.24, 2.45) is 4.99 Å². The summed E-state index contributed by atoms with van der Waals surface area (Å²) in [5.41, 5.74) is -1.07. The molecule has 2 amide bonds. The topological polar surface area (TPSA) is 130 Å². The van der Waals surface area contributed by atoms with E-state index in [4.69, 9.17) is 14.4 Å². The van der Waals surface area contributed by atoms with Crippen LogP contribution in [-0.2, 0) is 17.3 Å². The second-order valence-electron chi connectivity index (χ2n) is 11.1. The molecule has 0 aliphatic carbocycles. The van der Waals surface area contributed by atoms with Gasteiger partial charge in [-0.05, 0) is 45.2 Å². The highest BCUT2D eigenvalue weighted by atomic mass is 19.4. The van der Waals surface area contributed by atoms with Crippen LogP contribution < -0.4 is 5.32 Å². The first-order valence-corrected chi connectivity index (χ1v) is 13.9. The fraction of sp³-hybridized carbons (Fsp3) is 0.607. The number of aliphatic imine (C=N–C) groups is 1. The number of ether oxygens (including phenoxy) is 1. The lowest BCUT2D eigenvalue weighted by Gasteiger charge is -2.38. The first-order valence-electron chi connectivity index (χ1n) is 13.9. The summed E-state index contributed by atoms with van der Waals surface area (Å²) in [5, 5.41) is 15.3.